The van der Waals surface area contributed by atoms with Crippen molar-refractivity contribution < 1.29 is 9.90 Å². The fourth-order valence-electron chi connectivity index (χ4n) is 4.44. The smallest absolute Gasteiger partial charge is 0.161 e. The summed E-state index contributed by atoms with van der Waals surface area (Å²) in [6, 6.07) is 12.9. The number of Topliss-reactive ketones (excluding diaryl/α,β-unsaturated/α-hetero) is 1. The van der Waals surface area contributed by atoms with E-state index in [4.69, 9.17) is 23.2 Å². The molecule has 1 aliphatic heterocycles. The van der Waals surface area contributed by atoms with Gasteiger partial charge < -0.3 is 5.11 Å². The number of carbonyl (C=O) groups is 1. The number of piperidine rings is 1. The van der Waals surface area contributed by atoms with Crippen molar-refractivity contribution >= 4 is 35.1 Å². The van der Waals surface area contributed by atoms with Gasteiger partial charge in [-0.2, -0.15) is 0 Å². The highest BCUT2D eigenvalue weighted by molar-refractivity contribution is 6.42. The number of hydrogen-bond donors (Lipinski definition) is 1. The maximum atomic E-state index is 13.2. The quantitative estimate of drug-likeness (QED) is 0.712. The lowest BCUT2D eigenvalue weighted by molar-refractivity contribution is -0.120. The molecule has 2 aromatic carbocycles. The number of aromatic hydroxyl groups is 1. The average molecular weight is 402 g/mol. The summed E-state index contributed by atoms with van der Waals surface area (Å²) in [5.74, 6) is 0.411. The van der Waals surface area contributed by atoms with Crippen LogP contribution in [0, 0.1) is 0 Å². The van der Waals surface area contributed by atoms with Crippen LogP contribution in [-0.2, 0) is 10.2 Å². The topological polar surface area (TPSA) is 40.5 Å². The molecule has 0 amide bonds. The fraction of sp³-hybridized carbons (Fsp3) is 0.318. The van der Waals surface area contributed by atoms with Crippen LogP contribution in [-0.4, -0.2) is 35.4 Å². The maximum absolute atomic E-state index is 13.2. The molecule has 4 rings (SSSR count). The standard InChI is InChI=1S/C22H21Cl2NO2/c1-25-8-7-22(15-3-2-4-16(26)11-15)12-20(25)17(21(27)13-22)9-14-5-6-18(23)19(24)10-14/h2-6,9-11,20,26H,7-8,12-13H2,1H3/b17-9-/t20-,22-/m1/s1. The number of ketones is 1. The molecule has 2 bridgehead atoms. The average Bonchev–Trinajstić information content (AvgIpc) is 2.64. The third-order valence-electron chi connectivity index (χ3n) is 5.96. The molecular formula is C22H21Cl2NO2. The molecule has 2 aliphatic rings. The maximum Gasteiger partial charge on any atom is 0.161 e. The SMILES string of the molecule is CN1CC[C@]2(c3cccc(O)c3)CC(=O)/C(=C\c3ccc(Cl)c(Cl)c3)[C@H]1C2. The van der Waals surface area contributed by atoms with Crippen LogP contribution < -0.4 is 0 Å². The number of phenolic OH excluding ortho intramolecular Hbond substituents is 1. The second kappa shape index (κ2) is 6.97. The van der Waals surface area contributed by atoms with E-state index in [-0.39, 0.29) is 23.0 Å². The monoisotopic (exact) mass is 401 g/mol. The molecule has 0 radical (unpaired) electrons. The lowest BCUT2D eigenvalue weighted by Gasteiger charge is -2.50. The Morgan fingerprint density at radius 1 is 1.19 bits per heavy atom. The van der Waals surface area contributed by atoms with Gasteiger partial charge in [-0.3, -0.25) is 9.69 Å². The first-order chi connectivity index (χ1) is 12.9. The molecular weight excluding hydrogens is 381 g/mol. The summed E-state index contributed by atoms with van der Waals surface area (Å²) in [4.78, 5) is 15.4. The number of benzene rings is 2. The zero-order valence-corrected chi connectivity index (χ0v) is 16.6. The molecule has 2 aromatic rings. The van der Waals surface area contributed by atoms with Gasteiger partial charge >= 0.3 is 0 Å². The normalized spacial score (nSPS) is 27.1. The molecule has 0 spiro atoms. The van der Waals surface area contributed by atoms with Crippen molar-refractivity contribution in [2.45, 2.75) is 30.7 Å². The van der Waals surface area contributed by atoms with Crippen LogP contribution in [0.3, 0.4) is 0 Å². The number of phenols is 1. The minimum absolute atomic E-state index is 0.0526. The predicted molar refractivity (Wildman–Crippen MR) is 109 cm³/mol. The number of likely N-dealkylation sites (N-methyl/N-ethyl adjacent to an activating group) is 1. The highest BCUT2D eigenvalue weighted by Crippen LogP contribution is 2.48. The molecule has 1 saturated heterocycles. The number of rotatable bonds is 2. The predicted octanol–water partition coefficient (Wildman–Crippen LogP) is 5.09. The lowest BCUT2D eigenvalue weighted by atomic mass is 9.61. The van der Waals surface area contributed by atoms with Gasteiger partial charge in [-0.15, -0.1) is 0 Å². The largest absolute Gasteiger partial charge is 0.508 e. The van der Waals surface area contributed by atoms with E-state index in [0.717, 1.165) is 36.1 Å². The van der Waals surface area contributed by atoms with Crippen LogP contribution in [0.1, 0.15) is 30.4 Å². The molecule has 2 atom stereocenters. The molecule has 1 saturated carbocycles. The highest BCUT2D eigenvalue weighted by Gasteiger charge is 2.48. The summed E-state index contributed by atoms with van der Waals surface area (Å²) in [6.07, 6.45) is 4.19. The zero-order valence-electron chi connectivity index (χ0n) is 15.1. The summed E-state index contributed by atoms with van der Waals surface area (Å²) in [5, 5.41) is 10.9. The molecule has 3 nitrogen and oxygen atoms in total. The van der Waals surface area contributed by atoms with Crippen molar-refractivity contribution in [2.24, 2.45) is 0 Å². The molecule has 1 N–H and O–H groups in total. The van der Waals surface area contributed by atoms with Gasteiger partial charge in [-0.05, 0) is 67.9 Å². The van der Waals surface area contributed by atoms with Gasteiger partial charge in [0.2, 0.25) is 0 Å². The van der Waals surface area contributed by atoms with Crippen molar-refractivity contribution in [1.82, 2.24) is 4.90 Å². The summed E-state index contributed by atoms with van der Waals surface area (Å²) in [7, 11) is 2.07. The van der Waals surface area contributed by atoms with Crippen LogP contribution in [0.15, 0.2) is 48.0 Å². The van der Waals surface area contributed by atoms with Crippen molar-refractivity contribution in [1.29, 1.82) is 0 Å². The van der Waals surface area contributed by atoms with Gasteiger partial charge in [-0.25, -0.2) is 0 Å². The molecule has 140 valence electrons. The van der Waals surface area contributed by atoms with E-state index < -0.39 is 0 Å². The van der Waals surface area contributed by atoms with Gasteiger partial charge in [0.15, 0.2) is 5.78 Å². The van der Waals surface area contributed by atoms with Gasteiger partial charge in [0.05, 0.1) is 10.0 Å². The van der Waals surface area contributed by atoms with E-state index in [1.807, 2.05) is 30.3 Å². The lowest BCUT2D eigenvalue weighted by Crippen LogP contribution is -2.53. The fourth-order valence-corrected chi connectivity index (χ4v) is 4.74. The van der Waals surface area contributed by atoms with Crippen LogP contribution in [0.2, 0.25) is 10.0 Å². The first kappa shape index (κ1) is 18.5. The van der Waals surface area contributed by atoms with Crippen LogP contribution in [0.5, 0.6) is 5.75 Å². The van der Waals surface area contributed by atoms with Crippen molar-refractivity contribution in [3.8, 4) is 5.75 Å². The van der Waals surface area contributed by atoms with Crippen molar-refractivity contribution in [3.05, 3.63) is 69.2 Å². The first-order valence-corrected chi connectivity index (χ1v) is 9.83. The molecule has 27 heavy (non-hydrogen) atoms. The van der Waals surface area contributed by atoms with Gasteiger partial charge in [0.25, 0.3) is 0 Å². The van der Waals surface area contributed by atoms with Gasteiger partial charge in [0, 0.05) is 23.5 Å². The van der Waals surface area contributed by atoms with E-state index in [2.05, 4.69) is 11.9 Å². The third-order valence-corrected chi connectivity index (χ3v) is 6.70. The van der Waals surface area contributed by atoms with Crippen LogP contribution >= 0.6 is 23.2 Å². The zero-order chi connectivity index (χ0) is 19.2. The second-order valence-electron chi connectivity index (χ2n) is 7.65. The van der Waals surface area contributed by atoms with Crippen molar-refractivity contribution in [3.63, 3.8) is 0 Å². The van der Waals surface area contributed by atoms with Gasteiger partial charge in [0.1, 0.15) is 5.75 Å². The summed E-state index contributed by atoms with van der Waals surface area (Å²) < 4.78 is 0. The van der Waals surface area contributed by atoms with Crippen LogP contribution in [0.4, 0.5) is 0 Å². The Labute approximate surface area is 169 Å². The van der Waals surface area contributed by atoms with E-state index >= 15 is 0 Å². The van der Waals surface area contributed by atoms with E-state index in [0.29, 0.717) is 16.5 Å². The Balaban J connectivity index is 1.73. The summed E-state index contributed by atoms with van der Waals surface area (Å²) in [6.45, 7) is 0.909. The number of fused-ring (bicyclic) bond motifs is 2. The van der Waals surface area contributed by atoms with Crippen molar-refractivity contribution in [2.75, 3.05) is 13.6 Å². The van der Waals surface area contributed by atoms with E-state index in [1.165, 1.54) is 0 Å². The Morgan fingerprint density at radius 3 is 2.74 bits per heavy atom. The summed E-state index contributed by atoms with van der Waals surface area (Å²) in [5.41, 5.74) is 2.56. The molecule has 1 aliphatic carbocycles. The Kier molecular flexibility index (Phi) is 4.79. The molecule has 0 unspecified atom stereocenters. The van der Waals surface area contributed by atoms with E-state index in [1.54, 1.807) is 18.2 Å². The summed E-state index contributed by atoms with van der Waals surface area (Å²) >= 11 is 12.1. The Morgan fingerprint density at radius 2 is 2.00 bits per heavy atom. The Bertz CT molecular complexity index is 940. The molecule has 0 aromatic heterocycles. The number of carbonyl (C=O) groups excluding carboxylic acids is 1. The minimum Gasteiger partial charge on any atom is -0.508 e. The van der Waals surface area contributed by atoms with Gasteiger partial charge in [-0.1, -0.05) is 41.4 Å². The number of nitrogens with zero attached hydrogens (tertiary/aromatic N) is 1. The number of halogens is 2. The Hall–Kier alpha value is -1.81. The second-order valence-corrected chi connectivity index (χ2v) is 8.47. The number of hydrogen-bond acceptors (Lipinski definition) is 3. The highest BCUT2D eigenvalue weighted by atomic mass is 35.5. The third kappa shape index (κ3) is 3.40. The molecule has 1 heterocycles. The first-order valence-electron chi connectivity index (χ1n) is 9.08. The van der Waals surface area contributed by atoms with Crippen LogP contribution in [0.25, 0.3) is 6.08 Å². The molecule has 2 fully saturated rings. The minimum atomic E-state index is -0.206. The van der Waals surface area contributed by atoms with E-state index in [9.17, 15) is 9.90 Å². The number of likely N-dealkylation sites (tertiary alicyclic amines) is 1. The molecule has 5 heteroatoms.